The van der Waals surface area contributed by atoms with Crippen molar-refractivity contribution in [2.75, 3.05) is 20.0 Å². The van der Waals surface area contributed by atoms with Crippen LogP contribution in [0.5, 0.6) is 0 Å². The Kier molecular flexibility index (Phi) is 24.4. The molecular weight excluding hydrogens is 1150 g/mol. The van der Waals surface area contributed by atoms with E-state index in [9.17, 15) is 15.0 Å². The van der Waals surface area contributed by atoms with Gasteiger partial charge >= 0.3 is 5.97 Å². The monoisotopic (exact) mass is 1260 g/mol. The van der Waals surface area contributed by atoms with Gasteiger partial charge in [-0.15, -0.1) is 0 Å². The molecule has 5 fully saturated rings. The van der Waals surface area contributed by atoms with Gasteiger partial charge in [-0.1, -0.05) is 110 Å². The summed E-state index contributed by atoms with van der Waals surface area (Å²) in [5, 5.41) is 21.4. The molecule has 0 spiro atoms. The minimum absolute atomic E-state index is 0.000590. The number of aliphatic carboxylic acids is 1. The highest BCUT2D eigenvalue weighted by Crippen LogP contribution is 2.48. The van der Waals surface area contributed by atoms with Gasteiger partial charge in [0.05, 0.1) is 55.4 Å². The summed E-state index contributed by atoms with van der Waals surface area (Å²) < 4.78 is 97.5. The fourth-order valence-corrected chi connectivity index (χ4v) is 15.0. The van der Waals surface area contributed by atoms with Crippen molar-refractivity contribution < 1.29 is 80.7 Å². The summed E-state index contributed by atoms with van der Waals surface area (Å²) in [6.07, 6.45) is -6.05. The summed E-state index contributed by atoms with van der Waals surface area (Å²) in [7, 11) is -6.68. The third-order valence-electron chi connectivity index (χ3n) is 18.0. The van der Waals surface area contributed by atoms with Crippen molar-refractivity contribution in [1.82, 2.24) is 0 Å². The molecule has 0 bridgehead atoms. The molecule has 5 saturated heterocycles. The van der Waals surface area contributed by atoms with Crippen molar-refractivity contribution in [3.05, 3.63) is 59.7 Å². The predicted octanol–water partition coefficient (Wildman–Crippen LogP) is 13.2. The number of carboxylic acid groups (broad SMARTS) is 1. The summed E-state index contributed by atoms with van der Waals surface area (Å²) >= 11 is 0. The minimum Gasteiger partial charge on any atom is -0.481 e. The van der Waals surface area contributed by atoms with E-state index in [0.717, 1.165) is 22.8 Å². The number of hydrogen-bond donors (Lipinski definition) is 2. The molecule has 0 aliphatic carbocycles. The maximum atomic E-state index is 12.2. The lowest BCUT2D eigenvalue weighted by atomic mass is 9.86. The topological polar surface area (TPSA) is 187 Å². The Morgan fingerprint density at radius 2 is 1.26 bits per heavy atom. The van der Waals surface area contributed by atoms with Crippen LogP contribution in [0.3, 0.4) is 0 Å². The van der Waals surface area contributed by atoms with E-state index < -0.39 is 145 Å². The van der Waals surface area contributed by atoms with Crippen LogP contribution >= 0.6 is 0 Å². The molecule has 0 saturated carbocycles. The molecule has 86 heavy (non-hydrogen) atoms. The van der Waals surface area contributed by atoms with E-state index in [0.29, 0.717) is 38.9 Å². The van der Waals surface area contributed by atoms with Crippen LogP contribution in [0.1, 0.15) is 155 Å². The molecular formula is C66H116O17Si3. The number of allylic oxidation sites excluding steroid dienone is 1. The second kappa shape index (κ2) is 28.6. The summed E-state index contributed by atoms with van der Waals surface area (Å²) in [5.41, 5.74) is 1.87. The lowest BCUT2D eigenvalue weighted by molar-refractivity contribution is -0.237. The zero-order chi connectivity index (χ0) is 64.4. The molecule has 494 valence electrons. The molecule has 1 aromatic carbocycles. The first kappa shape index (κ1) is 73.3. The number of aliphatic hydroxyl groups excluding tert-OH is 1. The Bertz CT molecular complexity index is 2370. The molecule has 5 aliphatic rings. The Morgan fingerprint density at radius 3 is 1.84 bits per heavy atom. The van der Waals surface area contributed by atoms with Crippen LogP contribution < -0.4 is 0 Å². The average Bonchev–Trinajstić information content (AvgIpc) is 1.69. The van der Waals surface area contributed by atoms with Gasteiger partial charge < -0.3 is 75.9 Å². The number of hydrogen-bond acceptors (Lipinski definition) is 16. The number of carbonyl (C=O) groups is 1. The molecule has 1 aromatic rings. The highest BCUT2D eigenvalue weighted by Gasteiger charge is 2.60. The van der Waals surface area contributed by atoms with Gasteiger partial charge in [0.2, 0.25) is 0 Å². The third kappa shape index (κ3) is 20.6. The number of ether oxygens (including phenoxy) is 12. The van der Waals surface area contributed by atoms with Crippen LogP contribution in [0.2, 0.25) is 61.9 Å². The maximum absolute atomic E-state index is 12.2. The first-order valence-electron chi connectivity index (χ1n) is 31.8. The summed E-state index contributed by atoms with van der Waals surface area (Å²) in [6.45, 7) is 54.8. The average molecular weight is 1270 g/mol. The van der Waals surface area contributed by atoms with Crippen molar-refractivity contribution in [1.29, 1.82) is 0 Å². The van der Waals surface area contributed by atoms with E-state index in [4.69, 9.17) is 72.3 Å². The molecule has 15 atom stereocenters. The third-order valence-corrected chi connectivity index (χ3v) is 28.7. The van der Waals surface area contributed by atoms with Crippen LogP contribution in [-0.4, -0.2) is 175 Å². The van der Waals surface area contributed by atoms with E-state index in [2.05, 4.69) is 87.4 Å². The number of rotatable bonds is 29. The fraction of sp³-hybridized carbons (Fsp3) is 0.833. The van der Waals surface area contributed by atoms with E-state index >= 15 is 0 Å². The van der Waals surface area contributed by atoms with Crippen LogP contribution in [0.15, 0.2) is 54.1 Å². The molecule has 5 heterocycles. The molecule has 0 radical (unpaired) electrons. The Hall–Kier alpha value is -1.78. The van der Waals surface area contributed by atoms with Gasteiger partial charge in [-0.05, 0) is 142 Å². The molecule has 0 unspecified atom stereocenters. The highest BCUT2D eigenvalue weighted by atomic mass is 28.4. The molecule has 0 aromatic heterocycles. The second-order valence-electron chi connectivity index (χ2n) is 31.6. The van der Waals surface area contributed by atoms with Crippen molar-refractivity contribution in [2.24, 2.45) is 0 Å². The Balaban J connectivity index is 1.41. The number of carboxylic acids is 1. The fourth-order valence-electron chi connectivity index (χ4n) is 11.6. The van der Waals surface area contributed by atoms with E-state index in [1.165, 1.54) is 0 Å². The van der Waals surface area contributed by atoms with Gasteiger partial charge in [0.15, 0.2) is 34.0 Å². The first-order chi connectivity index (χ1) is 39.4. The van der Waals surface area contributed by atoms with Gasteiger partial charge in [-0.25, -0.2) is 0 Å². The van der Waals surface area contributed by atoms with Crippen molar-refractivity contribution >= 4 is 30.7 Å². The molecule has 2 N–H and O–H groups in total. The van der Waals surface area contributed by atoms with Crippen molar-refractivity contribution in [3.63, 3.8) is 0 Å². The van der Waals surface area contributed by atoms with E-state index in [1.807, 2.05) is 99.6 Å². The van der Waals surface area contributed by atoms with Gasteiger partial charge in [-0.3, -0.25) is 4.79 Å². The molecule has 17 nitrogen and oxygen atoms in total. The van der Waals surface area contributed by atoms with Crippen molar-refractivity contribution in [2.45, 2.75) is 332 Å². The largest absolute Gasteiger partial charge is 0.481 e. The predicted molar refractivity (Wildman–Crippen MR) is 342 cm³/mol. The normalized spacial score (nSPS) is 29.9. The van der Waals surface area contributed by atoms with Gasteiger partial charge in [0, 0.05) is 33.9 Å². The first-order valence-corrected chi connectivity index (χ1v) is 41.3. The van der Waals surface area contributed by atoms with Crippen LogP contribution in [0.25, 0.3) is 0 Å². The number of benzene rings is 1. The standard InChI is InChI=1S/C66H116O17Si3/c1-42(30-33-52(68)69)36-45(67)54(78-61(3,4)5)59-56-49(75-64(12,13)79-56)37-47(73-59)46(82-85(21,22)62(6,7)8)32-31-43(2)53(83-86(23,24)63(9,10)11)55(72-41-70-34-35-84(18,19)20)48-38-50-57(80-65(14,15)76-50)60(74-48)58-51(77-66(16,17)81-58)40-71-39-44-28-26-25-27-29-44/h25-29,36,45-51,53-60,67H,2,30-35,37-41H2,1,3-24H3,(H,68,69)/b42-36+/t45-,46-,47-,48-,49-,50-,51-,53-,54+,55+,56-,57-,58+,59+,60-/m1/s1. The van der Waals surface area contributed by atoms with E-state index in [-0.39, 0.29) is 36.3 Å². The van der Waals surface area contributed by atoms with Crippen LogP contribution in [-0.2, 0) is 77.1 Å². The molecule has 6 rings (SSSR count). The van der Waals surface area contributed by atoms with Crippen molar-refractivity contribution in [3.8, 4) is 0 Å². The smallest absolute Gasteiger partial charge is 0.303 e. The highest BCUT2D eigenvalue weighted by molar-refractivity contribution is 6.76. The van der Waals surface area contributed by atoms with Gasteiger partial charge in [0.1, 0.15) is 61.7 Å². The second-order valence-corrected chi connectivity index (χ2v) is 46.8. The molecule has 0 amide bonds. The summed E-state index contributed by atoms with van der Waals surface area (Å²) in [5.74, 6) is -3.74. The Morgan fingerprint density at radius 1 is 0.698 bits per heavy atom. The number of fused-ring (bicyclic) bond motifs is 2. The lowest BCUT2D eigenvalue weighted by Gasteiger charge is -2.48. The van der Waals surface area contributed by atoms with Gasteiger partial charge in [-0.2, -0.15) is 0 Å². The van der Waals surface area contributed by atoms with E-state index in [1.54, 1.807) is 6.08 Å². The SMILES string of the molecule is C=C(CC[C@@H](O[Si](C)(C)C(C)(C)C)[C@H]1C[C@H]2OC(C)(C)O[C@H]2[C@H]([C@@H](OC(C)(C)C)[C@H](O)/C=C(\C)CCC(=O)O)O1)[C@@H](O[Si](C)(C)C(C)(C)C)[C@@H](OCOCC[Si](C)(C)C)[C@H]1C[C@H]2OC(C)(C)O[C@H]2[C@H]([C@H]2OC(C)(C)O[C@@H]2COCc2ccccc2)O1. The molecule has 20 heteroatoms. The Labute approximate surface area is 521 Å². The maximum Gasteiger partial charge on any atom is 0.303 e. The van der Waals surface area contributed by atoms with Crippen LogP contribution in [0, 0.1) is 0 Å². The summed E-state index contributed by atoms with van der Waals surface area (Å²) in [6, 6.07) is 11.1. The minimum atomic E-state index is -2.66. The quantitative estimate of drug-likeness (QED) is 0.0333. The summed E-state index contributed by atoms with van der Waals surface area (Å²) in [4.78, 5) is 11.6. The number of aliphatic hydroxyl groups is 1. The molecule has 5 aliphatic heterocycles. The zero-order valence-electron chi connectivity index (χ0n) is 57.1. The van der Waals surface area contributed by atoms with Crippen LogP contribution in [0.4, 0.5) is 0 Å². The zero-order valence-corrected chi connectivity index (χ0v) is 60.1. The lowest BCUT2D eigenvalue weighted by Crippen LogP contribution is -2.60. The van der Waals surface area contributed by atoms with Gasteiger partial charge in [0.25, 0.3) is 0 Å².